The van der Waals surface area contributed by atoms with Crippen molar-refractivity contribution in [1.82, 2.24) is 9.80 Å². The van der Waals surface area contributed by atoms with Gasteiger partial charge in [-0.3, -0.25) is 0 Å². The van der Waals surface area contributed by atoms with Crippen LogP contribution in [0.2, 0.25) is 0 Å². The van der Waals surface area contributed by atoms with Gasteiger partial charge in [-0.05, 0) is 57.4 Å². The molecule has 0 radical (unpaired) electrons. The molecule has 0 bridgehead atoms. The molecule has 1 atom stereocenters. The number of likely N-dealkylation sites (N-methyl/N-ethyl adjacent to an activating group) is 1. The normalized spacial score (nSPS) is 19.7. The van der Waals surface area contributed by atoms with E-state index in [0.29, 0.717) is 18.1 Å². The minimum absolute atomic E-state index is 0.0373. The van der Waals surface area contributed by atoms with Gasteiger partial charge in [0.2, 0.25) is 0 Å². The van der Waals surface area contributed by atoms with Gasteiger partial charge in [-0.2, -0.15) is 0 Å². The fourth-order valence-corrected chi connectivity index (χ4v) is 4.79. The highest BCUT2D eigenvalue weighted by molar-refractivity contribution is 7.91. The van der Waals surface area contributed by atoms with Gasteiger partial charge in [0, 0.05) is 24.8 Å². The van der Waals surface area contributed by atoms with E-state index in [2.05, 4.69) is 10.2 Å². The topological polar surface area (TPSA) is 52.6 Å². The summed E-state index contributed by atoms with van der Waals surface area (Å²) in [6, 6.07) is 7.97. The third kappa shape index (κ3) is 5.44. The van der Waals surface area contributed by atoms with Crippen LogP contribution in [0.3, 0.4) is 0 Å². The predicted octanol–water partition coefficient (Wildman–Crippen LogP) is 1.74. The van der Waals surface area contributed by atoms with Crippen LogP contribution in [-0.4, -0.2) is 68.1 Å². The summed E-state index contributed by atoms with van der Waals surface area (Å²) in [4.78, 5) is 4.11. The van der Waals surface area contributed by atoms with Crippen LogP contribution in [0.5, 0.6) is 0 Å². The number of thiocarbonyl (C=S) groups is 1. The van der Waals surface area contributed by atoms with Gasteiger partial charge in [-0.25, -0.2) is 8.42 Å². The number of sulfone groups is 1. The first kappa shape index (κ1) is 18.2. The molecule has 5 nitrogen and oxygen atoms in total. The SMILES string of the molecule is Cc1cccc(NC(=S)N(CCN(C)C)[C@@H]2CCS(=O)(=O)C2)c1. The number of nitrogens with one attached hydrogen (secondary N) is 1. The van der Waals surface area contributed by atoms with E-state index in [-0.39, 0.29) is 17.5 Å². The van der Waals surface area contributed by atoms with Crippen molar-refractivity contribution in [2.24, 2.45) is 0 Å². The standard InChI is InChI=1S/C16H25N3O2S2/c1-13-5-4-6-14(11-13)17-16(22)19(9-8-18(2)3)15-7-10-23(20,21)12-15/h4-6,11,15H,7-10,12H2,1-3H3,(H,17,22)/t15-/m1/s1. The third-order valence-electron chi connectivity index (χ3n) is 3.97. The molecule has 0 unspecified atom stereocenters. The first-order valence-corrected chi connectivity index (χ1v) is 9.99. The fraction of sp³-hybridized carbons (Fsp3) is 0.562. The van der Waals surface area contributed by atoms with Crippen LogP contribution in [0.15, 0.2) is 24.3 Å². The Morgan fingerprint density at radius 2 is 2.09 bits per heavy atom. The molecule has 2 rings (SSSR count). The van der Waals surface area contributed by atoms with Gasteiger partial charge in [0.25, 0.3) is 0 Å². The lowest BCUT2D eigenvalue weighted by atomic mass is 10.2. The van der Waals surface area contributed by atoms with Crippen molar-refractivity contribution < 1.29 is 8.42 Å². The number of rotatable bonds is 5. The summed E-state index contributed by atoms with van der Waals surface area (Å²) in [5.74, 6) is 0.444. The lowest BCUT2D eigenvalue weighted by Gasteiger charge is -2.32. The summed E-state index contributed by atoms with van der Waals surface area (Å²) in [5.41, 5.74) is 2.09. The maximum Gasteiger partial charge on any atom is 0.173 e. The zero-order valence-electron chi connectivity index (χ0n) is 13.9. The molecule has 1 aromatic carbocycles. The number of hydrogen-bond acceptors (Lipinski definition) is 4. The van der Waals surface area contributed by atoms with E-state index in [9.17, 15) is 8.42 Å². The van der Waals surface area contributed by atoms with E-state index in [4.69, 9.17) is 12.2 Å². The Labute approximate surface area is 144 Å². The van der Waals surface area contributed by atoms with E-state index in [1.807, 2.05) is 50.2 Å². The number of hydrogen-bond donors (Lipinski definition) is 1. The van der Waals surface area contributed by atoms with Crippen molar-refractivity contribution in [2.45, 2.75) is 19.4 Å². The average molecular weight is 356 g/mol. The second kappa shape index (κ2) is 7.59. The molecule has 0 amide bonds. The largest absolute Gasteiger partial charge is 0.344 e. The second-order valence-corrected chi connectivity index (χ2v) is 8.97. The summed E-state index contributed by atoms with van der Waals surface area (Å²) >= 11 is 5.57. The molecular weight excluding hydrogens is 330 g/mol. The Morgan fingerprint density at radius 1 is 1.35 bits per heavy atom. The van der Waals surface area contributed by atoms with E-state index >= 15 is 0 Å². The quantitative estimate of drug-likeness (QED) is 0.812. The highest BCUT2D eigenvalue weighted by Gasteiger charge is 2.33. The summed E-state index contributed by atoms with van der Waals surface area (Å²) in [6.45, 7) is 3.57. The van der Waals surface area contributed by atoms with Crippen molar-refractivity contribution in [3.8, 4) is 0 Å². The lowest BCUT2D eigenvalue weighted by Crippen LogP contribution is -2.46. The molecule has 0 spiro atoms. The van der Waals surface area contributed by atoms with Crippen LogP contribution in [-0.2, 0) is 9.84 Å². The first-order valence-electron chi connectivity index (χ1n) is 7.76. The van der Waals surface area contributed by atoms with Gasteiger partial charge in [-0.15, -0.1) is 0 Å². The Morgan fingerprint density at radius 3 is 2.65 bits per heavy atom. The molecule has 0 aromatic heterocycles. The van der Waals surface area contributed by atoms with Crippen LogP contribution in [0.1, 0.15) is 12.0 Å². The summed E-state index contributed by atoms with van der Waals surface area (Å²) in [7, 11) is 1.07. The lowest BCUT2D eigenvalue weighted by molar-refractivity contribution is 0.289. The molecule has 1 aliphatic heterocycles. The molecule has 128 valence electrons. The number of benzene rings is 1. The Kier molecular flexibility index (Phi) is 6.00. The molecule has 0 saturated carbocycles. The van der Waals surface area contributed by atoms with Crippen molar-refractivity contribution >= 4 is 32.9 Å². The molecular formula is C16H25N3O2S2. The average Bonchev–Trinajstić information content (AvgIpc) is 2.78. The molecule has 1 saturated heterocycles. The van der Waals surface area contributed by atoms with Crippen LogP contribution in [0, 0.1) is 6.92 Å². The minimum Gasteiger partial charge on any atom is -0.344 e. The highest BCUT2D eigenvalue weighted by atomic mass is 32.2. The summed E-state index contributed by atoms with van der Waals surface area (Å²) in [5, 5.41) is 3.85. The maximum absolute atomic E-state index is 11.8. The monoisotopic (exact) mass is 355 g/mol. The third-order valence-corrected chi connectivity index (χ3v) is 6.05. The number of aryl methyl sites for hydroxylation is 1. The molecule has 1 N–H and O–H groups in total. The van der Waals surface area contributed by atoms with Gasteiger partial charge in [0.05, 0.1) is 11.5 Å². The maximum atomic E-state index is 11.8. The minimum atomic E-state index is -2.93. The van der Waals surface area contributed by atoms with Crippen LogP contribution in [0.25, 0.3) is 0 Å². The highest BCUT2D eigenvalue weighted by Crippen LogP contribution is 2.19. The van der Waals surface area contributed by atoms with Gasteiger partial charge < -0.3 is 15.1 Å². The van der Waals surface area contributed by atoms with Crippen molar-refractivity contribution in [3.63, 3.8) is 0 Å². The number of nitrogens with zero attached hydrogens (tertiary/aromatic N) is 2. The molecule has 7 heteroatoms. The summed E-state index contributed by atoms with van der Waals surface area (Å²) in [6.07, 6.45) is 0.644. The zero-order chi connectivity index (χ0) is 17.0. The molecule has 1 aliphatic rings. The molecule has 1 aromatic rings. The second-order valence-electron chi connectivity index (χ2n) is 6.35. The predicted molar refractivity (Wildman–Crippen MR) is 99.7 cm³/mol. The van der Waals surface area contributed by atoms with E-state index in [1.54, 1.807) is 0 Å². The van der Waals surface area contributed by atoms with Gasteiger partial charge in [0.1, 0.15) is 0 Å². The molecule has 1 heterocycles. The molecule has 23 heavy (non-hydrogen) atoms. The molecule has 1 fully saturated rings. The van der Waals surface area contributed by atoms with E-state index < -0.39 is 9.84 Å². The van der Waals surface area contributed by atoms with Crippen molar-refractivity contribution in [2.75, 3.05) is 44.0 Å². The molecule has 0 aliphatic carbocycles. The van der Waals surface area contributed by atoms with Gasteiger partial charge in [0.15, 0.2) is 14.9 Å². The Balaban J connectivity index is 2.10. The van der Waals surface area contributed by atoms with Crippen LogP contribution < -0.4 is 5.32 Å². The van der Waals surface area contributed by atoms with Gasteiger partial charge >= 0.3 is 0 Å². The fourth-order valence-electron chi connectivity index (χ4n) is 2.70. The van der Waals surface area contributed by atoms with Gasteiger partial charge in [-0.1, -0.05) is 12.1 Å². The van der Waals surface area contributed by atoms with E-state index in [1.165, 1.54) is 0 Å². The van der Waals surface area contributed by atoms with Crippen molar-refractivity contribution in [3.05, 3.63) is 29.8 Å². The Hall–Kier alpha value is -1.18. The van der Waals surface area contributed by atoms with E-state index in [0.717, 1.165) is 17.8 Å². The van der Waals surface area contributed by atoms with Crippen molar-refractivity contribution in [1.29, 1.82) is 0 Å². The van der Waals surface area contributed by atoms with Crippen LogP contribution >= 0.6 is 12.2 Å². The Bertz CT molecular complexity index is 659. The smallest absolute Gasteiger partial charge is 0.173 e. The first-order chi connectivity index (χ1) is 10.8. The number of anilines is 1. The zero-order valence-corrected chi connectivity index (χ0v) is 15.6. The summed E-state index contributed by atoms with van der Waals surface area (Å²) < 4.78 is 23.6. The van der Waals surface area contributed by atoms with Crippen LogP contribution in [0.4, 0.5) is 5.69 Å².